The van der Waals surface area contributed by atoms with Gasteiger partial charge in [0, 0.05) is 37.0 Å². The number of hydrogen-bond donors (Lipinski definition) is 0. The Hall–Kier alpha value is -3.06. The molecular weight excluding hydrogens is 490 g/mol. The van der Waals surface area contributed by atoms with Crippen LogP contribution in [0, 0.1) is 5.92 Å². The molecule has 5 heterocycles. The molecule has 0 bridgehead atoms. The maximum Gasteiger partial charge on any atom is 0.324 e. The Labute approximate surface area is 207 Å². The number of piperidine rings is 1. The van der Waals surface area contributed by atoms with Crippen molar-refractivity contribution >= 4 is 32.1 Å². The third kappa shape index (κ3) is 5.01. The average molecular weight is 518 g/mol. The van der Waals surface area contributed by atoms with Crippen molar-refractivity contribution in [3.05, 3.63) is 30.4 Å². The van der Waals surface area contributed by atoms with Crippen LogP contribution in [0.25, 0.3) is 16.2 Å². The monoisotopic (exact) mass is 517 g/mol. The quantitative estimate of drug-likeness (QED) is 0.359. The van der Waals surface area contributed by atoms with E-state index in [0.29, 0.717) is 27.8 Å². The van der Waals surface area contributed by atoms with Gasteiger partial charge in [-0.3, -0.25) is 0 Å². The topological polar surface area (TPSA) is 129 Å². The van der Waals surface area contributed by atoms with Gasteiger partial charge < -0.3 is 14.2 Å². The van der Waals surface area contributed by atoms with E-state index in [2.05, 4.69) is 37.0 Å². The van der Waals surface area contributed by atoms with Gasteiger partial charge in [-0.05, 0) is 49.2 Å². The molecule has 186 valence electrons. The van der Waals surface area contributed by atoms with E-state index in [4.69, 9.17) is 9.26 Å². The largest absolute Gasteiger partial charge is 0.466 e. The van der Waals surface area contributed by atoms with Crippen LogP contribution in [0.1, 0.15) is 45.4 Å². The van der Waals surface area contributed by atoms with Gasteiger partial charge in [-0.15, -0.1) is 5.10 Å². The summed E-state index contributed by atoms with van der Waals surface area (Å²) >= 11 is 1.37. The molecule has 0 radical (unpaired) electrons. The van der Waals surface area contributed by atoms with Crippen LogP contribution in [0.15, 0.2) is 34.1 Å². The Morgan fingerprint density at radius 1 is 1.17 bits per heavy atom. The van der Waals surface area contributed by atoms with Crippen LogP contribution < -0.4 is 9.64 Å². The number of sulfone groups is 1. The molecule has 0 aromatic carbocycles. The predicted octanol–water partition coefficient (Wildman–Crippen LogP) is 3.45. The minimum atomic E-state index is -3.34. The number of fused-ring (bicyclic) bond motifs is 1. The molecule has 1 saturated heterocycles. The number of hydrogen-bond acceptors (Lipinski definition) is 11. The Balaban J connectivity index is 1.19. The first-order valence-corrected chi connectivity index (χ1v) is 14.2. The van der Waals surface area contributed by atoms with E-state index in [9.17, 15) is 8.42 Å². The number of nitrogens with zero attached hydrogens (tertiary/aromatic N) is 7. The zero-order valence-electron chi connectivity index (χ0n) is 19.9. The Morgan fingerprint density at radius 2 is 1.94 bits per heavy atom. The summed E-state index contributed by atoms with van der Waals surface area (Å²) in [5.74, 6) is 1.37. The fourth-order valence-corrected chi connectivity index (χ4v) is 5.40. The zero-order valence-corrected chi connectivity index (χ0v) is 21.6. The van der Waals surface area contributed by atoms with E-state index < -0.39 is 9.84 Å². The molecule has 0 saturated carbocycles. The summed E-state index contributed by atoms with van der Waals surface area (Å²) < 4.78 is 36.5. The Bertz CT molecular complexity index is 1390. The Morgan fingerprint density at radius 3 is 2.54 bits per heavy atom. The van der Waals surface area contributed by atoms with Crippen LogP contribution in [0.2, 0.25) is 0 Å². The molecule has 4 aromatic rings. The highest BCUT2D eigenvalue weighted by Gasteiger charge is 2.28. The van der Waals surface area contributed by atoms with Crippen LogP contribution in [0.3, 0.4) is 0 Å². The van der Waals surface area contributed by atoms with Crippen molar-refractivity contribution in [1.82, 2.24) is 29.7 Å². The normalized spacial score (nSPS) is 16.3. The second-order valence-electron chi connectivity index (χ2n) is 9.12. The molecule has 0 spiro atoms. The molecule has 1 fully saturated rings. The fraction of sp³-hybridized carbons (Fsp3) is 0.500. The van der Waals surface area contributed by atoms with Gasteiger partial charge in [-0.2, -0.15) is 4.98 Å². The van der Waals surface area contributed by atoms with Gasteiger partial charge in [-0.25, -0.2) is 22.9 Å². The first kappa shape index (κ1) is 23.7. The van der Waals surface area contributed by atoms with E-state index >= 15 is 0 Å². The number of rotatable bonds is 7. The third-order valence-corrected chi connectivity index (χ3v) is 7.96. The van der Waals surface area contributed by atoms with E-state index in [1.54, 1.807) is 16.8 Å². The second kappa shape index (κ2) is 9.19. The predicted molar refractivity (Wildman–Crippen MR) is 131 cm³/mol. The lowest BCUT2D eigenvalue weighted by atomic mass is 9.92. The standard InChI is InChI=1S/C22H27N7O4S2/c1-13(2)19-25-20(33-27-19)28-9-7-15(8-10-28)14(3)32-22-26-29-12-17(24-21(29)34-22)16-5-6-18(23-11-16)35(4,30)31/h5-6,11-15H,7-10H2,1-4H3. The average Bonchev–Trinajstić information content (AvgIpc) is 3.54. The lowest BCUT2D eigenvalue weighted by Crippen LogP contribution is -2.38. The lowest BCUT2D eigenvalue weighted by Gasteiger charge is -2.33. The van der Waals surface area contributed by atoms with Gasteiger partial charge in [0.2, 0.25) is 4.96 Å². The van der Waals surface area contributed by atoms with Crippen LogP contribution in [-0.2, 0) is 9.84 Å². The van der Waals surface area contributed by atoms with E-state index in [0.717, 1.165) is 43.6 Å². The highest BCUT2D eigenvalue weighted by molar-refractivity contribution is 7.90. The number of pyridine rings is 1. The zero-order chi connectivity index (χ0) is 24.7. The molecule has 35 heavy (non-hydrogen) atoms. The van der Waals surface area contributed by atoms with Crippen molar-refractivity contribution in [2.24, 2.45) is 5.92 Å². The summed E-state index contributed by atoms with van der Waals surface area (Å²) in [5.41, 5.74) is 1.39. The molecule has 1 aliphatic heterocycles. The smallest absolute Gasteiger partial charge is 0.324 e. The summed E-state index contributed by atoms with van der Waals surface area (Å²) in [6.07, 6.45) is 6.36. The van der Waals surface area contributed by atoms with Crippen LogP contribution in [0.5, 0.6) is 5.19 Å². The number of anilines is 1. The Kier molecular flexibility index (Phi) is 6.21. The molecule has 0 amide bonds. The summed E-state index contributed by atoms with van der Waals surface area (Å²) in [7, 11) is -3.34. The molecular formula is C22H27N7O4S2. The van der Waals surface area contributed by atoms with E-state index in [-0.39, 0.29) is 17.0 Å². The molecule has 0 aliphatic carbocycles. The van der Waals surface area contributed by atoms with Crippen molar-refractivity contribution < 1.29 is 17.7 Å². The fourth-order valence-electron chi connectivity index (χ4n) is 4.02. The summed E-state index contributed by atoms with van der Waals surface area (Å²) in [6, 6.07) is 3.77. The maximum atomic E-state index is 11.6. The van der Waals surface area contributed by atoms with Crippen LogP contribution in [0.4, 0.5) is 6.01 Å². The molecule has 1 unspecified atom stereocenters. The lowest BCUT2D eigenvalue weighted by molar-refractivity contribution is 0.130. The van der Waals surface area contributed by atoms with Crippen molar-refractivity contribution in [3.63, 3.8) is 0 Å². The first-order chi connectivity index (χ1) is 16.7. The number of ether oxygens (including phenoxy) is 1. The van der Waals surface area contributed by atoms with Gasteiger partial charge >= 0.3 is 6.01 Å². The first-order valence-electron chi connectivity index (χ1n) is 11.5. The minimum absolute atomic E-state index is 0.00845. The van der Waals surface area contributed by atoms with Gasteiger partial charge in [-0.1, -0.05) is 19.0 Å². The summed E-state index contributed by atoms with van der Waals surface area (Å²) in [6.45, 7) is 7.86. The number of aromatic nitrogens is 6. The van der Waals surface area contributed by atoms with E-state index in [1.165, 1.54) is 23.6 Å². The van der Waals surface area contributed by atoms with Crippen molar-refractivity contribution in [3.8, 4) is 16.5 Å². The molecule has 13 heteroatoms. The van der Waals surface area contributed by atoms with Gasteiger partial charge in [0.25, 0.3) is 5.19 Å². The van der Waals surface area contributed by atoms with E-state index in [1.807, 2.05) is 13.8 Å². The molecule has 11 nitrogen and oxygen atoms in total. The second-order valence-corrected chi connectivity index (χ2v) is 12.0. The molecule has 1 aliphatic rings. The molecule has 0 N–H and O–H groups in total. The minimum Gasteiger partial charge on any atom is -0.466 e. The SMILES string of the molecule is CC(C)c1noc(N2CCC(C(C)Oc3nn4cc(-c5ccc(S(C)(=O)=O)nc5)nc4s3)CC2)n1. The van der Waals surface area contributed by atoms with Crippen molar-refractivity contribution in [2.75, 3.05) is 24.2 Å². The third-order valence-electron chi connectivity index (χ3n) is 6.14. The molecule has 1 atom stereocenters. The van der Waals surface area contributed by atoms with Crippen LogP contribution >= 0.6 is 11.3 Å². The van der Waals surface area contributed by atoms with Gasteiger partial charge in [0.05, 0.1) is 11.9 Å². The van der Waals surface area contributed by atoms with Gasteiger partial charge in [0.15, 0.2) is 20.7 Å². The maximum absolute atomic E-state index is 11.6. The highest BCUT2D eigenvalue weighted by Crippen LogP contribution is 2.30. The molecule has 4 aromatic heterocycles. The van der Waals surface area contributed by atoms with Crippen molar-refractivity contribution in [1.29, 1.82) is 0 Å². The molecule has 5 rings (SSSR count). The summed E-state index contributed by atoms with van der Waals surface area (Å²) in [4.78, 5) is 16.0. The number of imidazole rings is 1. The van der Waals surface area contributed by atoms with Crippen LogP contribution in [-0.4, -0.2) is 63.6 Å². The summed E-state index contributed by atoms with van der Waals surface area (Å²) in [5, 5.41) is 9.19. The highest BCUT2D eigenvalue weighted by atomic mass is 32.2. The van der Waals surface area contributed by atoms with Gasteiger partial charge in [0.1, 0.15) is 6.10 Å². The van der Waals surface area contributed by atoms with Crippen molar-refractivity contribution in [2.45, 2.75) is 50.7 Å².